The van der Waals surface area contributed by atoms with Gasteiger partial charge in [0.05, 0.1) is 5.56 Å². The molecule has 21 heavy (non-hydrogen) atoms. The maximum absolute atomic E-state index is 12.7. The Morgan fingerprint density at radius 1 is 1.24 bits per heavy atom. The third kappa shape index (κ3) is 4.08. The van der Waals surface area contributed by atoms with Crippen LogP contribution in [0, 0.1) is 11.8 Å². The van der Waals surface area contributed by atoms with E-state index in [2.05, 4.69) is 6.92 Å². The Kier molecular flexibility index (Phi) is 5.07. The van der Waals surface area contributed by atoms with Crippen molar-refractivity contribution in [3.8, 4) is 0 Å². The Labute approximate surface area is 123 Å². The van der Waals surface area contributed by atoms with Crippen molar-refractivity contribution in [2.75, 3.05) is 0 Å². The summed E-state index contributed by atoms with van der Waals surface area (Å²) in [7, 11) is 0. The van der Waals surface area contributed by atoms with Crippen LogP contribution in [0.5, 0.6) is 0 Å². The number of hydrogen-bond donors (Lipinski definition) is 0. The Bertz CT molecular complexity index is 493. The molecule has 0 saturated heterocycles. The minimum absolute atomic E-state index is 0.0262. The minimum atomic E-state index is -4.35. The van der Waals surface area contributed by atoms with Crippen LogP contribution < -0.4 is 0 Å². The Balaban J connectivity index is 2.08. The molecule has 116 valence electrons. The lowest BCUT2D eigenvalue weighted by Gasteiger charge is -2.29. The number of ketones is 1. The second kappa shape index (κ2) is 6.63. The predicted octanol–water partition coefficient (Wildman–Crippen LogP) is 5.03. The molecule has 0 radical (unpaired) electrons. The van der Waals surface area contributed by atoms with Gasteiger partial charge in [0.1, 0.15) is 5.78 Å². The Morgan fingerprint density at radius 2 is 1.95 bits per heavy atom. The first kappa shape index (κ1) is 16.1. The Morgan fingerprint density at radius 3 is 2.62 bits per heavy atom. The van der Waals surface area contributed by atoms with Crippen molar-refractivity contribution in [1.29, 1.82) is 0 Å². The molecule has 2 atom stereocenters. The molecule has 1 aromatic carbocycles. The van der Waals surface area contributed by atoms with Gasteiger partial charge in [-0.3, -0.25) is 4.79 Å². The summed E-state index contributed by atoms with van der Waals surface area (Å²) in [6.07, 6.45) is 0.896. The molecule has 1 aliphatic carbocycles. The lowest BCUT2D eigenvalue weighted by Crippen LogP contribution is -2.28. The monoisotopic (exact) mass is 298 g/mol. The smallest absolute Gasteiger partial charge is 0.299 e. The molecular formula is C17H21F3O. The van der Waals surface area contributed by atoms with Crippen LogP contribution >= 0.6 is 0 Å². The molecule has 1 aromatic rings. The summed E-state index contributed by atoms with van der Waals surface area (Å²) in [5.41, 5.74) is -0.210. The lowest BCUT2D eigenvalue weighted by molar-refractivity contribution is -0.137. The first-order valence-electron chi connectivity index (χ1n) is 7.60. The second-order valence-electron chi connectivity index (χ2n) is 5.90. The summed E-state index contributed by atoms with van der Waals surface area (Å²) in [6.45, 7) is 2.08. The van der Waals surface area contributed by atoms with Gasteiger partial charge in [-0.15, -0.1) is 0 Å². The van der Waals surface area contributed by atoms with Gasteiger partial charge in [0, 0.05) is 12.3 Å². The van der Waals surface area contributed by atoms with Crippen molar-refractivity contribution < 1.29 is 18.0 Å². The standard InChI is InChI=1S/C17H21F3O/c1-2-13-7-3-4-9-15(13)16(21)11-12-6-5-8-14(10-12)17(18,19)20/h5-6,8,10,13,15H,2-4,7,9,11H2,1H3. The summed E-state index contributed by atoms with van der Waals surface area (Å²) < 4.78 is 38.1. The highest BCUT2D eigenvalue weighted by atomic mass is 19.4. The van der Waals surface area contributed by atoms with Crippen molar-refractivity contribution in [1.82, 2.24) is 0 Å². The molecule has 4 heteroatoms. The first-order valence-corrected chi connectivity index (χ1v) is 7.60. The van der Waals surface area contributed by atoms with E-state index in [1.165, 1.54) is 6.07 Å². The number of halogens is 3. The van der Waals surface area contributed by atoms with Crippen LogP contribution in [-0.2, 0) is 17.4 Å². The van der Waals surface area contributed by atoms with Gasteiger partial charge in [-0.05, 0) is 30.4 Å². The lowest BCUT2D eigenvalue weighted by atomic mass is 9.74. The van der Waals surface area contributed by atoms with E-state index in [9.17, 15) is 18.0 Å². The molecule has 1 fully saturated rings. The van der Waals surface area contributed by atoms with Gasteiger partial charge in [-0.2, -0.15) is 13.2 Å². The van der Waals surface area contributed by atoms with Crippen LogP contribution in [0.3, 0.4) is 0 Å². The molecule has 2 rings (SSSR count). The molecule has 0 heterocycles. The topological polar surface area (TPSA) is 17.1 Å². The highest BCUT2D eigenvalue weighted by Gasteiger charge is 2.32. The number of carbonyl (C=O) groups is 1. The van der Waals surface area contributed by atoms with E-state index in [1.54, 1.807) is 6.07 Å². The number of Topliss-reactive ketones (excluding diaryl/α,β-unsaturated/α-hetero) is 1. The summed E-state index contributed by atoms with van der Waals surface area (Å²) in [6, 6.07) is 5.13. The highest BCUT2D eigenvalue weighted by molar-refractivity contribution is 5.83. The number of alkyl halides is 3. The molecule has 2 unspecified atom stereocenters. The third-order valence-electron chi connectivity index (χ3n) is 4.48. The van der Waals surface area contributed by atoms with Crippen LogP contribution in [0.25, 0.3) is 0 Å². The second-order valence-corrected chi connectivity index (χ2v) is 5.90. The molecule has 0 amide bonds. The zero-order valence-electron chi connectivity index (χ0n) is 12.2. The van der Waals surface area contributed by atoms with Crippen LogP contribution in [0.15, 0.2) is 24.3 Å². The summed E-state index contributed by atoms with van der Waals surface area (Å²) in [4.78, 5) is 12.4. The quantitative estimate of drug-likeness (QED) is 0.761. The van der Waals surface area contributed by atoms with Crippen molar-refractivity contribution in [2.24, 2.45) is 11.8 Å². The van der Waals surface area contributed by atoms with Crippen LogP contribution in [0.1, 0.15) is 50.2 Å². The van der Waals surface area contributed by atoms with Gasteiger partial charge in [-0.1, -0.05) is 44.4 Å². The number of benzene rings is 1. The third-order valence-corrected chi connectivity index (χ3v) is 4.48. The van der Waals surface area contributed by atoms with Crippen LogP contribution in [0.2, 0.25) is 0 Å². The maximum Gasteiger partial charge on any atom is 0.416 e. The molecule has 0 aromatic heterocycles. The average Bonchev–Trinajstić information content (AvgIpc) is 2.46. The van der Waals surface area contributed by atoms with Gasteiger partial charge in [0.25, 0.3) is 0 Å². The number of hydrogen-bond acceptors (Lipinski definition) is 1. The molecule has 1 aliphatic rings. The summed E-state index contributed by atoms with van der Waals surface area (Å²) in [5, 5.41) is 0. The van der Waals surface area contributed by atoms with E-state index < -0.39 is 11.7 Å². The van der Waals surface area contributed by atoms with E-state index in [0.717, 1.165) is 44.2 Å². The predicted molar refractivity (Wildman–Crippen MR) is 75.9 cm³/mol. The van der Waals surface area contributed by atoms with Crippen molar-refractivity contribution in [3.63, 3.8) is 0 Å². The van der Waals surface area contributed by atoms with Gasteiger partial charge >= 0.3 is 6.18 Å². The van der Waals surface area contributed by atoms with Gasteiger partial charge in [0.15, 0.2) is 0 Å². The van der Waals surface area contributed by atoms with Gasteiger partial charge in [0.2, 0.25) is 0 Å². The summed E-state index contributed by atoms with van der Waals surface area (Å²) >= 11 is 0. The SMILES string of the molecule is CCC1CCCCC1C(=O)Cc1cccc(C(F)(F)F)c1. The molecule has 0 N–H and O–H groups in total. The van der Waals surface area contributed by atoms with Crippen LogP contribution in [0.4, 0.5) is 13.2 Å². The maximum atomic E-state index is 12.7. The zero-order chi connectivity index (χ0) is 15.5. The van der Waals surface area contributed by atoms with Crippen molar-refractivity contribution in [2.45, 2.75) is 51.6 Å². The molecule has 0 aliphatic heterocycles. The normalized spacial score (nSPS) is 23.0. The van der Waals surface area contributed by atoms with Crippen molar-refractivity contribution >= 4 is 5.78 Å². The molecule has 0 bridgehead atoms. The van der Waals surface area contributed by atoms with E-state index in [1.807, 2.05) is 0 Å². The van der Waals surface area contributed by atoms with E-state index in [0.29, 0.717) is 11.5 Å². The Hall–Kier alpha value is -1.32. The molecule has 0 spiro atoms. The first-order chi connectivity index (χ1) is 9.91. The van der Waals surface area contributed by atoms with E-state index in [-0.39, 0.29) is 18.1 Å². The zero-order valence-corrected chi connectivity index (χ0v) is 12.2. The highest BCUT2D eigenvalue weighted by Crippen LogP contribution is 2.34. The van der Waals surface area contributed by atoms with E-state index in [4.69, 9.17) is 0 Å². The number of carbonyl (C=O) groups excluding carboxylic acids is 1. The molecular weight excluding hydrogens is 277 g/mol. The number of rotatable bonds is 4. The molecule has 1 saturated carbocycles. The van der Waals surface area contributed by atoms with Gasteiger partial charge in [-0.25, -0.2) is 0 Å². The fraction of sp³-hybridized carbons (Fsp3) is 0.588. The van der Waals surface area contributed by atoms with Crippen LogP contribution in [-0.4, -0.2) is 5.78 Å². The minimum Gasteiger partial charge on any atom is -0.299 e. The van der Waals surface area contributed by atoms with Crippen molar-refractivity contribution in [3.05, 3.63) is 35.4 Å². The van der Waals surface area contributed by atoms with Gasteiger partial charge < -0.3 is 0 Å². The van der Waals surface area contributed by atoms with E-state index >= 15 is 0 Å². The fourth-order valence-corrected chi connectivity index (χ4v) is 3.31. The average molecular weight is 298 g/mol. The summed E-state index contributed by atoms with van der Waals surface area (Å²) in [5.74, 6) is 0.524. The largest absolute Gasteiger partial charge is 0.416 e. The molecule has 1 nitrogen and oxygen atoms in total. The fourth-order valence-electron chi connectivity index (χ4n) is 3.31.